The molecule has 2 aromatic heterocycles. The number of anilines is 2. The first-order valence-electron chi connectivity index (χ1n) is 13.9. The molecule has 2 heterocycles. The normalized spacial score (nSPS) is 11.2. The van der Waals surface area contributed by atoms with Gasteiger partial charge in [-0.2, -0.15) is 11.3 Å². The van der Waals surface area contributed by atoms with Crippen LogP contribution < -0.4 is 16.0 Å². The number of fused-ring (bicyclic) bond motifs is 1. The first kappa shape index (κ1) is 30.0. The van der Waals surface area contributed by atoms with Crippen LogP contribution in [0.2, 0.25) is 0 Å². The van der Waals surface area contributed by atoms with Gasteiger partial charge in [0.2, 0.25) is 5.91 Å². The van der Waals surface area contributed by atoms with Gasteiger partial charge in [0, 0.05) is 27.1 Å². The van der Waals surface area contributed by atoms with Gasteiger partial charge in [-0.15, -0.1) is 23.1 Å². The Hall–Kier alpha value is -5.03. The molecule has 0 aliphatic rings. The maximum Gasteiger partial charge on any atom is 0.272 e. The molecule has 0 saturated carbocycles. The maximum atomic E-state index is 13.2. The molecular weight excluding hydrogens is 621 g/mol. The van der Waals surface area contributed by atoms with Gasteiger partial charge in [0.1, 0.15) is 5.70 Å². The van der Waals surface area contributed by atoms with Crippen LogP contribution in [0.4, 0.5) is 10.8 Å². The van der Waals surface area contributed by atoms with E-state index in [1.54, 1.807) is 42.5 Å². The Balaban J connectivity index is 1.03. The summed E-state index contributed by atoms with van der Waals surface area (Å²) in [5.74, 6) is -0.777. The molecule has 3 amide bonds. The minimum absolute atomic E-state index is 0.128. The third kappa shape index (κ3) is 7.93. The average molecular weight is 647 g/mol. The molecule has 0 saturated heterocycles. The van der Waals surface area contributed by atoms with Crippen LogP contribution in [0.25, 0.3) is 28.1 Å². The molecule has 0 bridgehead atoms. The van der Waals surface area contributed by atoms with Crippen molar-refractivity contribution in [1.29, 1.82) is 0 Å². The standard InChI is InChI=1S/C35H26N4O3S3/c40-32(39-35-38-31(21-45-35)27-11-10-24-6-4-5-9-26(24)19-27)22-44-29-14-12-28(13-15-29)36-34(42)30(18-23-16-17-43-20-23)37-33(41)25-7-2-1-3-8-25/h1-21H,22H2,(H,36,42)(H,37,41)(H,38,39,40)/b30-18-. The second-order valence-corrected chi connectivity index (χ2v) is 12.5. The smallest absolute Gasteiger partial charge is 0.272 e. The Morgan fingerprint density at radius 1 is 0.800 bits per heavy atom. The number of thioether (sulfide) groups is 1. The highest BCUT2D eigenvalue weighted by Gasteiger charge is 2.16. The number of nitrogens with one attached hydrogen (secondary N) is 3. The lowest BCUT2D eigenvalue weighted by molar-refractivity contribution is -0.114. The summed E-state index contributed by atoms with van der Waals surface area (Å²) in [5, 5.41) is 17.1. The molecule has 6 rings (SSSR count). The zero-order valence-corrected chi connectivity index (χ0v) is 26.2. The Morgan fingerprint density at radius 3 is 2.36 bits per heavy atom. The van der Waals surface area contributed by atoms with Crippen LogP contribution in [-0.2, 0) is 9.59 Å². The third-order valence-corrected chi connectivity index (χ3v) is 9.13. The number of thiophene rings is 1. The van der Waals surface area contributed by atoms with E-state index >= 15 is 0 Å². The number of rotatable bonds is 10. The number of amides is 3. The van der Waals surface area contributed by atoms with Crippen LogP contribution in [-0.4, -0.2) is 28.5 Å². The van der Waals surface area contributed by atoms with Gasteiger partial charge < -0.3 is 16.0 Å². The summed E-state index contributed by atoms with van der Waals surface area (Å²) >= 11 is 4.27. The number of carbonyl (C=O) groups is 3. The summed E-state index contributed by atoms with van der Waals surface area (Å²) in [5.41, 5.74) is 3.77. The lowest BCUT2D eigenvalue weighted by Gasteiger charge is -2.11. The number of hydrogen-bond acceptors (Lipinski definition) is 7. The fourth-order valence-corrected chi connectivity index (χ4v) is 6.47. The van der Waals surface area contributed by atoms with Crippen molar-refractivity contribution >= 4 is 79.8 Å². The third-order valence-electron chi connectivity index (χ3n) is 6.66. The van der Waals surface area contributed by atoms with Crippen LogP contribution in [0, 0.1) is 0 Å². The molecule has 4 aromatic carbocycles. The SMILES string of the molecule is O=C(CSc1ccc(NC(=O)/C(=C/c2ccsc2)NC(=O)c2ccccc2)cc1)Nc1nc(-c2ccc3ccccc3c2)cs1. The van der Waals surface area contributed by atoms with Crippen LogP contribution in [0.3, 0.4) is 0 Å². The van der Waals surface area contributed by atoms with E-state index < -0.39 is 5.91 Å². The molecule has 3 N–H and O–H groups in total. The van der Waals surface area contributed by atoms with Gasteiger partial charge in [-0.1, -0.05) is 54.6 Å². The van der Waals surface area contributed by atoms with E-state index in [9.17, 15) is 14.4 Å². The van der Waals surface area contributed by atoms with E-state index in [2.05, 4.69) is 45.2 Å². The highest BCUT2D eigenvalue weighted by atomic mass is 32.2. The van der Waals surface area contributed by atoms with Crippen LogP contribution in [0.15, 0.2) is 130 Å². The number of nitrogens with zero attached hydrogens (tertiary/aromatic N) is 1. The van der Waals surface area contributed by atoms with E-state index in [0.717, 1.165) is 27.1 Å². The van der Waals surface area contributed by atoms with Crippen molar-refractivity contribution in [3.63, 3.8) is 0 Å². The van der Waals surface area contributed by atoms with Crippen molar-refractivity contribution in [2.75, 3.05) is 16.4 Å². The Bertz CT molecular complexity index is 1990. The summed E-state index contributed by atoms with van der Waals surface area (Å²) in [6.07, 6.45) is 1.64. The predicted molar refractivity (Wildman–Crippen MR) is 186 cm³/mol. The highest BCUT2D eigenvalue weighted by molar-refractivity contribution is 8.00. The zero-order valence-electron chi connectivity index (χ0n) is 23.7. The number of aromatic nitrogens is 1. The molecule has 0 unspecified atom stereocenters. The fourth-order valence-electron chi connectivity index (χ4n) is 4.42. The Labute approximate surface area is 272 Å². The quantitative estimate of drug-likeness (QED) is 0.103. The molecule has 0 radical (unpaired) electrons. The molecule has 0 atom stereocenters. The minimum Gasteiger partial charge on any atom is -0.321 e. The van der Waals surface area contributed by atoms with Crippen LogP contribution >= 0.6 is 34.4 Å². The van der Waals surface area contributed by atoms with Gasteiger partial charge in [0.05, 0.1) is 11.4 Å². The van der Waals surface area contributed by atoms with E-state index in [4.69, 9.17) is 0 Å². The van der Waals surface area contributed by atoms with E-state index in [-0.39, 0.29) is 23.3 Å². The lowest BCUT2D eigenvalue weighted by Crippen LogP contribution is -2.30. The van der Waals surface area contributed by atoms with Crippen LogP contribution in [0.1, 0.15) is 15.9 Å². The molecule has 0 spiro atoms. The zero-order chi connectivity index (χ0) is 31.0. The van der Waals surface area contributed by atoms with Crippen molar-refractivity contribution < 1.29 is 14.4 Å². The number of thiazole rings is 1. The van der Waals surface area contributed by atoms with Gasteiger partial charge >= 0.3 is 0 Å². The topological polar surface area (TPSA) is 100 Å². The number of carbonyl (C=O) groups excluding carboxylic acids is 3. The molecule has 6 aromatic rings. The molecule has 45 heavy (non-hydrogen) atoms. The lowest BCUT2D eigenvalue weighted by atomic mass is 10.1. The van der Waals surface area contributed by atoms with Crippen molar-refractivity contribution in [1.82, 2.24) is 10.3 Å². The van der Waals surface area contributed by atoms with E-state index in [1.165, 1.54) is 39.8 Å². The minimum atomic E-state index is -0.447. The first-order valence-corrected chi connectivity index (χ1v) is 16.7. The van der Waals surface area contributed by atoms with E-state index in [0.29, 0.717) is 16.4 Å². The summed E-state index contributed by atoms with van der Waals surface area (Å²) in [7, 11) is 0. The Morgan fingerprint density at radius 2 is 1.58 bits per heavy atom. The summed E-state index contributed by atoms with van der Waals surface area (Å²) in [4.78, 5) is 44.1. The monoisotopic (exact) mass is 646 g/mol. The summed E-state index contributed by atoms with van der Waals surface area (Å²) in [6.45, 7) is 0. The highest BCUT2D eigenvalue weighted by Crippen LogP contribution is 2.28. The molecule has 0 aliphatic carbocycles. The second-order valence-electron chi connectivity index (χ2n) is 9.85. The van der Waals surface area contributed by atoms with Gasteiger partial charge in [-0.25, -0.2) is 4.98 Å². The number of hydrogen-bond donors (Lipinski definition) is 3. The molecule has 222 valence electrons. The number of benzene rings is 4. The summed E-state index contributed by atoms with van der Waals surface area (Å²) in [6, 6.07) is 32.1. The van der Waals surface area contributed by atoms with Gasteiger partial charge in [-0.05, 0) is 81.7 Å². The Kier molecular flexibility index (Phi) is 9.45. The predicted octanol–water partition coefficient (Wildman–Crippen LogP) is 8.17. The maximum absolute atomic E-state index is 13.2. The molecule has 10 heteroatoms. The summed E-state index contributed by atoms with van der Waals surface area (Å²) < 4.78 is 0. The van der Waals surface area contributed by atoms with Gasteiger partial charge in [0.25, 0.3) is 11.8 Å². The molecule has 0 aliphatic heterocycles. The largest absolute Gasteiger partial charge is 0.321 e. The average Bonchev–Trinajstić information content (AvgIpc) is 3.77. The fraction of sp³-hybridized carbons (Fsp3) is 0.0286. The first-order chi connectivity index (χ1) is 22.0. The molecule has 0 fully saturated rings. The van der Waals surface area contributed by atoms with Gasteiger partial charge in [-0.3, -0.25) is 14.4 Å². The second kappa shape index (κ2) is 14.2. The van der Waals surface area contributed by atoms with Gasteiger partial charge in [0.15, 0.2) is 5.13 Å². The molecular formula is C35H26N4O3S3. The van der Waals surface area contributed by atoms with Crippen molar-refractivity contribution in [2.45, 2.75) is 4.90 Å². The van der Waals surface area contributed by atoms with Crippen molar-refractivity contribution in [2.24, 2.45) is 0 Å². The van der Waals surface area contributed by atoms with Crippen molar-refractivity contribution in [3.8, 4) is 11.3 Å². The van der Waals surface area contributed by atoms with Crippen molar-refractivity contribution in [3.05, 3.63) is 136 Å². The van der Waals surface area contributed by atoms with Crippen LogP contribution in [0.5, 0.6) is 0 Å². The van der Waals surface area contributed by atoms with E-state index in [1.807, 2.05) is 58.6 Å². The molecule has 7 nitrogen and oxygen atoms in total.